The van der Waals surface area contributed by atoms with E-state index in [4.69, 9.17) is 4.52 Å². The van der Waals surface area contributed by atoms with Crippen LogP contribution in [-0.4, -0.2) is 15.6 Å². The summed E-state index contributed by atoms with van der Waals surface area (Å²) in [6.45, 7) is 0. The number of hydrogen-bond donors (Lipinski definition) is 1. The zero-order valence-corrected chi connectivity index (χ0v) is 14.0. The Morgan fingerprint density at radius 1 is 1.08 bits per heavy atom. The summed E-state index contributed by atoms with van der Waals surface area (Å²) < 4.78 is 6.87. The van der Waals surface area contributed by atoms with Crippen molar-refractivity contribution in [3.63, 3.8) is 0 Å². The van der Waals surface area contributed by atoms with Crippen LogP contribution in [0, 0.1) is 0 Å². The van der Waals surface area contributed by atoms with Crippen molar-refractivity contribution in [3.8, 4) is 11.3 Å². The van der Waals surface area contributed by atoms with Crippen molar-refractivity contribution in [1.29, 1.82) is 0 Å². The molecule has 128 valence electrons. The number of anilines is 1. The summed E-state index contributed by atoms with van der Waals surface area (Å²) in [5, 5.41) is 7.62. The lowest BCUT2D eigenvalue weighted by molar-refractivity contribution is 0.102. The predicted molar refractivity (Wildman–Crippen MR) is 99.1 cm³/mol. The van der Waals surface area contributed by atoms with Crippen molar-refractivity contribution in [3.05, 3.63) is 82.8 Å². The number of fused-ring (bicyclic) bond motifs is 1. The van der Waals surface area contributed by atoms with Crippen LogP contribution in [0.25, 0.3) is 22.2 Å². The number of nitrogens with one attached hydrogen (secondary N) is 1. The Balaban J connectivity index is 1.69. The van der Waals surface area contributed by atoms with Crippen LogP contribution in [0.15, 0.2) is 76.2 Å². The van der Waals surface area contributed by atoms with E-state index in [-0.39, 0.29) is 11.5 Å². The summed E-state index contributed by atoms with van der Waals surface area (Å²) >= 11 is 0. The van der Waals surface area contributed by atoms with E-state index < -0.39 is 0 Å². The molecule has 6 nitrogen and oxygen atoms in total. The maximum Gasteiger partial charge on any atom is 0.255 e. The largest absolute Gasteiger partial charge is 0.355 e. The molecular weight excluding hydrogens is 330 g/mol. The van der Waals surface area contributed by atoms with Crippen LogP contribution in [0.1, 0.15) is 10.4 Å². The van der Waals surface area contributed by atoms with Gasteiger partial charge in [0, 0.05) is 30.4 Å². The number of amides is 1. The molecule has 0 aliphatic carbocycles. The highest BCUT2D eigenvalue weighted by Gasteiger charge is 2.14. The Morgan fingerprint density at radius 3 is 2.65 bits per heavy atom. The first kappa shape index (κ1) is 15.8. The summed E-state index contributed by atoms with van der Waals surface area (Å²) in [6.07, 6.45) is 1.58. The molecule has 4 aromatic rings. The molecule has 4 rings (SSSR count). The first-order chi connectivity index (χ1) is 12.6. The average molecular weight is 345 g/mol. The molecule has 2 aromatic heterocycles. The number of hydrogen-bond acceptors (Lipinski definition) is 4. The van der Waals surface area contributed by atoms with Crippen LogP contribution in [0.3, 0.4) is 0 Å². The molecule has 0 radical (unpaired) electrons. The predicted octanol–water partition coefficient (Wildman–Crippen LogP) is 3.45. The van der Waals surface area contributed by atoms with Gasteiger partial charge in [0.1, 0.15) is 5.52 Å². The van der Waals surface area contributed by atoms with E-state index in [2.05, 4.69) is 10.5 Å². The molecule has 26 heavy (non-hydrogen) atoms. The topological polar surface area (TPSA) is 77.1 Å². The molecule has 0 saturated heterocycles. The molecular formula is C20H15N3O3. The molecule has 0 spiro atoms. The molecule has 6 heteroatoms. The minimum absolute atomic E-state index is 0.138. The fraction of sp³-hybridized carbons (Fsp3) is 0.0500. The van der Waals surface area contributed by atoms with Gasteiger partial charge in [-0.1, -0.05) is 35.5 Å². The van der Waals surface area contributed by atoms with Crippen LogP contribution in [0.5, 0.6) is 0 Å². The van der Waals surface area contributed by atoms with E-state index in [1.165, 1.54) is 10.6 Å². The molecule has 0 bridgehead atoms. The Labute approximate surface area is 148 Å². The van der Waals surface area contributed by atoms with E-state index in [1.54, 1.807) is 37.5 Å². The average Bonchev–Trinajstić information content (AvgIpc) is 3.08. The van der Waals surface area contributed by atoms with Gasteiger partial charge < -0.3 is 14.4 Å². The second kappa shape index (κ2) is 6.33. The van der Waals surface area contributed by atoms with E-state index in [0.29, 0.717) is 22.5 Å². The molecule has 2 heterocycles. The zero-order chi connectivity index (χ0) is 18.1. The number of benzene rings is 2. The molecule has 0 saturated carbocycles. The van der Waals surface area contributed by atoms with Crippen LogP contribution >= 0.6 is 0 Å². The number of rotatable bonds is 3. The van der Waals surface area contributed by atoms with E-state index in [1.807, 2.05) is 30.3 Å². The van der Waals surface area contributed by atoms with Gasteiger partial charge in [0.15, 0.2) is 5.76 Å². The number of pyridine rings is 1. The van der Waals surface area contributed by atoms with Crippen LogP contribution in [0.4, 0.5) is 5.69 Å². The summed E-state index contributed by atoms with van der Waals surface area (Å²) in [4.78, 5) is 24.0. The van der Waals surface area contributed by atoms with Gasteiger partial charge in [-0.3, -0.25) is 9.59 Å². The Kier molecular flexibility index (Phi) is 3.85. The third-order valence-electron chi connectivity index (χ3n) is 4.12. The van der Waals surface area contributed by atoms with Crippen molar-refractivity contribution in [2.24, 2.45) is 7.05 Å². The number of carbonyl (C=O) groups excluding carboxylic acids is 1. The summed E-state index contributed by atoms with van der Waals surface area (Å²) in [7, 11) is 1.63. The highest BCUT2D eigenvalue weighted by molar-refractivity contribution is 6.07. The number of nitrogens with zero attached hydrogens (tertiary/aromatic N) is 2. The van der Waals surface area contributed by atoms with E-state index in [9.17, 15) is 9.59 Å². The fourth-order valence-corrected chi connectivity index (χ4v) is 2.75. The maximum atomic E-state index is 12.6. The molecule has 0 aliphatic heterocycles. The first-order valence-electron chi connectivity index (χ1n) is 8.05. The van der Waals surface area contributed by atoms with Gasteiger partial charge >= 0.3 is 0 Å². The highest BCUT2D eigenvalue weighted by Crippen LogP contribution is 2.29. The molecule has 0 atom stereocenters. The Morgan fingerprint density at radius 2 is 1.88 bits per heavy atom. The minimum atomic E-state index is -0.272. The number of aromatic nitrogens is 2. The van der Waals surface area contributed by atoms with Crippen molar-refractivity contribution < 1.29 is 9.32 Å². The number of carbonyl (C=O) groups is 1. The molecule has 0 unspecified atom stereocenters. The molecule has 1 amide bonds. The highest BCUT2D eigenvalue weighted by atomic mass is 16.5. The Bertz CT molecular complexity index is 1160. The Hall–Kier alpha value is -3.67. The zero-order valence-electron chi connectivity index (χ0n) is 14.0. The van der Waals surface area contributed by atoms with Gasteiger partial charge in [0.25, 0.3) is 5.91 Å². The molecule has 1 N–H and O–H groups in total. The van der Waals surface area contributed by atoms with Crippen molar-refractivity contribution >= 4 is 22.5 Å². The van der Waals surface area contributed by atoms with Gasteiger partial charge in [-0.2, -0.15) is 0 Å². The van der Waals surface area contributed by atoms with Crippen LogP contribution < -0.4 is 10.9 Å². The molecule has 0 aliphatic rings. The van der Waals surface area contributed by atoms with E-state index >= 15 is 0 Å². The lowest BCUT2D eigenvalue weighted by atomic mass is 10.1. The second-order valence-electron chi connectivity index (χ2n) is 5.93. The first-order valence-corrected chi connectivity index (χ1v) is 8.05. The van der Waals surface area contributed by atoms with Crippen molar-refractivity contribution in [2.45, 2.75) is 0 Å². The SMILES string of the molecule is Cn1cc(NC(=O)c2ccc3noc(-c4ccccc4)c3c2)ccc1=O. The van der Waals surface area contributed by atoms with Gasteiger partial charge in [0.2, 0.25) is 5.56 Å². The lowest BCUT2D eigenvalue weighted by Crippen LogP contribution is -2.17. The smallest absolute Gasteiger partial charge is 0.255 e. The minimum Gasteiger partial charge on any atom is -0.355 e. The lowest BCUT2D eigenvalue weighted by Gasteiger charge is -2.06. The fourth-order valence-electron chi connectivity index (χ4n) is 2.75. The van der Waals surface area contributed by atoms with Crippen LogP contribution in [-0.2, 0) is 7.05 Å². The molecule has 0 fully saturated rings. The maximum absolute atomic E-state index is 12.6. The normalized spacial score (nSPS) is 10.8. The third-order valence-corrected chi connectivity index (χ3v) is 4.12. The summed E-state index contributed by atoms with van der Waals surface area (Å²) in [5.74, 6) is 0.350. The van der Waals surface area contributed by atoms with Crippen LogP contribution in [0.2, 0.25) is 0 Å². The summed E-state index contributed by atoms with van der Waals surface area (Å²) in [5.41, 5.74) is 2.46. The third kappa shape index (κ3) is 2.88. The van der Waals surface area contributed by atoms with E-state index in [0.717, 1.165) is 10.9 Å². The number of aryl methyl sites for hydroxylation is 1. The van der Waals surface area contributed by atoms with Crippen molar-refractivity contribution in [1.82, 2.24) is 9.72 Å². The monoisotopic (exact) mass is 345 g/mol. The quantitative estimate of drug-likeness (QED) is 0.617. The standard InChI is InChI=1S/C20H15N3O3/c1-23-12-15(8-10-18(23)24)21-20(25)14-7-9-17-16(11-14)19(26-22-17)13-5-3-2-4-6-13/h2-12H,1H3,(H,21,25). The van der Waals surface area contributed by atoms with Gasteiger partial charge in [-0.25, -0.2) is 0 Å². The molecule has 2 aromatic carbocycles. The second-order valence-corrected chi connectivity index (χ2v) is 5.93. The van der Waals surface area contributed by atoms with Crippen molar-refractivity contribution in [2.75, 3.05) is 5.32 Å². The van der Waals surface area contributed by atoms with Gasteiger partial charge in [-0.05, 0) is 24.3 Å². The van der Waals surface area contributed by atoms with Gasteiger partial charge in [-0.15, -0.1) is 0 Å². The van der Waals surface area contributed by atoms with Gasteiger partial charge in [0.05, 0.1) is 11.1 Å². The summed E-state index contributed by atoms with van der Waals surface area (Å²) in [6, 6.07) is 17.8.